The number of benzene rings is 1. The van der Waals surface area contributed by atoms with Gasteiger partial charge in [0.05, 0.1) is 17.2 Å². The number of hydrogen-bond donors (Lipinski definition) is 0. The molecule has 1 aromatic carbocycles. The SMILES string of the molecule is O=C(OC[C@@H]1CCCN1C(=O)c1ccccc1[N+](=O)[O-])c1ccco1. The fourth-order valence-corrected chi connectivity index (χ4v) is 2.88. The minimum atomic E-state index is -0.602. The van der Waals surface area contributed by atoms with E-state index in [0.717, 1.165) is 6.42 Å². The van der Waals surface area contributed by atoms with Crippen molar-refractivity contribution < 1.29 is 23.7 Å². The van der Waals surface area contributed by atoms with Crippen molar-refractivity contribution in [3.8, 4) is 0 Å². The third-order valence-electron chi connectivity index (χ3n) is 4.10. The number of carbonyl (C=O) groups excluding carboxylic acids is 2. The molecule has 0 N–H and O–H groups in total. The van der Waals surface area contributed by atoms with E-state index in [2.05, 4.69) is 0 Å². The van der Waals surface area contributed by atoms with Gasteiger partial charge in [-0.25, -0.2) is 4.79 Å². The fraction of sp³-hybridized carbons (Fsp3) is 0.294. The number of nitrogens with zero attached hydrogens (tertiary/aromatic N) is 2. The van der Waals surface area contributed by atoms with Crippen LogP contribution in [0.4, 0.5) is 5.69 Å². The van der Waals surface area contributed by atoms with Crippen LogP contribution in [0.25, 0.3) is 0 Å². The Kier molecular flexibility index (Phi) is 4.78. The average Bonchev–Trinajstić information content (AvgIpc) is 3.30. The van der Waals surface area contributed by atoms with Gasteiger partial charge in [0.1, 0.15) is 12.2 Å². The smallest absolute Gasteiger partial charge is 0.374 e. The molecular weight excluding hydrogens is 328 g/mol. The van der Waals surface area contributed by atoms with Crippen molar-refractivity contribution in [3.63, 3.8) is 0 Å². The van der Waals surface area contributed by atoms with Gasteiger partial charge in [0.2, 0.25) is 5.76 Å². The fourth-order valence-electron chi connectivity index (χ4n) is 2.88. The van der Waals surface area contributed by atoms with Gasteiger partial charge in [-0.05, 0) is 31.0 Å². The van der Waals surface area contributed by atoms with E-state index in [1.807, 2.05) is 0 Å². The number of esters is 1. The molecule has 0 aliphatic carbocycles. The molecule has 1 fully saturated rings. The van der Waals surface area contributed by atoms with E-state index in [4.69, 9.17) is 9.15 Å². The maximum Gasteiger partial charge on any atom is 0.374 e. The lowest BCUT2D eigenvalue weighted by Gasteiger charge is -2.24. The molecule has 1 aliphatic rings. The zero-order valence-corrected chi connectivity index (χ0v) is 13.3. The molecule has 0 unspecified atom stereocenters. The van der Waals surface area contributed by atoms with Crippen molar-refractivity contribution in [2.75, 3.05) is 13.2 Å². The molecule has 1 atom stereocenters. The summed E-state index contributed by atoms with van der Waals surface area (Å²) >= 11 is 0. The maximum atomic E-state index is 12.7. The van der Waals surface area contributed by atoms with Crippen LogP contribution in [0.5, 0.6) is 0 Å². The van der Waals surface area contributed by atoms with E-state index in [9.17, 15) is 19.7 Å². The first kappa shape index (κ1) is 16.7. The molecule has 8 nitrogen and oxygen atoms in total. The first-order chi connectivity index (χ1) is 12.1. The van der Waals surface area contributed by atoms with Gasteiger partial charge in [0, 0.05) is 12.6 Å². The number of nitro benzene ring substituents is 1. The Bertz CT molecular complexity index is 786. The van der Waals surface area contributed by atoms with Crippen LogP contribution in [0, 0.1) is 10.1 Å². The number of carbonyl (C=O) groups is 2. The summed E-state index contributed by atoms with van der Waals surface area (Å²) in [5, 5.41) is 11.1. The van der Waals surface area contributed by atoms with Crippen LogP contribution in [0.2, 0.25) is 0 Å². The summed E-state index contributed by atoms with van der Waals surface area (Å²) in [6, 6.07) is 8.60. The lowest BCUT2D eigenvalue weighted by Crippen LogP contribution is -2.39. The summed E-state index contributed by atoms with van der Waals surface area (Å²) < 4.78 is 10.2. The molecular formula is C17H16N2O6. The molecule has 2 heterocycles. The Hall–Kier alpha value is -3.16. The van der Waals surface area contributed by atoms with Crippen molar-refractivity contribution in [1.82, 2.24) is 4.90 Å². The third kappa shape index (κ3) is 3.52. The Morgan fingerprint density at radius 1 is 1.28 bits per heavy atom. The Morgan fingerprint density at radius 3 is 2.80 bits per heavy atom. The molecule has 1 amide bonds. The van der Waals surface area contributed by atoms with Crippen LogP contribution < -0.4 is 0 Å². The number of furan rings is 1. The quantitative estimate of drug-likeness (QED) is 0.469. The van der Waals surface area contributed by atoms with Crippen LogP contribution in [-0.4, -0.2) is 40.9 Å². The van der Waals surface area contributed by atoms with E-state index < -0.39 is 16.8 Å². The van der Waals surface area contributed by atoms with Gasteiger partial charge in [-0.15, -0.1) is 0 Å². The topological polar surface area (TPSA) is 103 Å². The number of hydrogen-bond acceptors (Lipinski definition) is 6. The second-order valence-corrected chi connectivity index (χ2v) is 5.64. The normalized spacial score (nSPS) is 16.6. The molecule has 25 heavy (non-hydrogen) atoms. The predicted octanol–water partition coefficient (Wildman–Crippen LogP) is 2.65. The van der Waals surface area contributed by atoms with E-state index in [0.29, 0.717) is 13.0 Å². The summed E-state index contributed by atoms with van der Waals surface area (Å²) in [7, 11) is 0. The summed E-state index contributed by atoms with van der Waals surface area (Å²) in [5.74, 6) is -0.937. The molecule has 0 radical (unpaired) electrons. The van der Waals surface area contributed by atoms with Gasteiger partial charge < -0.3 is 14.1 Å². The lowest BCUT2D eigenvalue weighted by molar-refractivity contribution is -0.385. The first-order valence-corrected chi connectivity index (χ1v) is 7.83. The van der Waals surface area contributed by atoms with Crippen LogP contribution in [0.3, 0.4) is 0 Å². The van der Waals surface area contributed by atoms with E-state index in [-0.39, 0.29) is 29.7 Å². The highest BCUT2D eigenvalue weighted by Crippen LogP contribution is 2.25. The number of amides is 1. The first-order valence-electron chi connectivity index (χ1n) is 7.83. The molecule has 1 saturated heterocycles. The second kappa shape index (κ2) is 7.16. The summed E-state index contributed by atoms with van der Waals surface area (Å²) in [4.78, 5) is 36.6. The Labute approximate surface area is 143 Å². The lowest BCUT2D eigenvalue weighted by atomic mass is 10.1. The molecule has 2 aromatic rings. The number of nitro groups is 1. The highest BCUT2D eigenvalue weighted by molar-refractivity contribution is 5.98. The molecule has 3 rings (SSSR count). The molecule has 0 bridgehead atoms. The van der Waals surface area contributed by atoms with Crippen molar-refractivity contribution in [2.45, 2.75) is 18.9 Å². The third-order valence-corrected chi connectivity index (χ3v) is 4.10. The highest BCUT2D eigenvalue weighted by atomic mass is 16.6. The van der Waals surface area contributed by atoms with Gasteiger partial charge in [-0.3, -0.25) is 14.9 Å². The summed E-state index contributed by atoms with van der Waals surface area (Å²) in [6.45, 7) is 0.486. The molecule has 0 spiro atoms. The minimum absolute atomic E-state index is 0.0197. The van der Waals surface area contributed by atoms with Crippen LogP contribution in [-0.2, 0) is 4.74 Å². The van der Waals surface area contributed by atoms with Gasteiger partial charge in [-0.2, -0.15) is 0 Å². The number of ether oxygens (including phenoxy) is 1. The zero-order valence-electron chi connectivity index (χ0n) is 13.3. The molecule has 1 aromatic heterocycles. The summed E-state index contributed by atoms with van der Waals surface area (Å²) in [5.41, 5.74) is -0.192. The van der Waals surface area contributed by atoms with Crippen molar-refractivity contribution in [2.24, 2.45) is 0 Å². The minimum Gasteiger partial charge on any atom is -0.458 e. The number of rotatable bonds is 5. The van der Waals surface area contributed by atoms with Gasteiger partial charge in [0.25, 0.3) is 11.6 Å². The molecule has 130 valence electrons. The van der Waals surface area contributed by atoms with Crippen LogP contribution >= 0.6 is 0 Å². The number of likely N-dealkylation sites (tertiary alicyclic amines) is 1. The van der Waals surface area contributed by atoms with E-state index in [1.165, 1.54) is 35.4 Å². The monoisotopic (exact) mass is 344 g/mol. The van der Waals surface area contributed by atoms with Gasteiger partial charge in [-0.1, -0.05) is 12.1 Å². The largest absolute Gasteiger partial charge is 0.458 e. The standard InChI is InChI=1S/C17H16N2O6/c20-16(13-6-1-2-7-14(13)19(22)23)18-9-3-5-12(18)11-25-17(21)15-8-4-10-24-15/h1-2,4,6-8,10,12H,3,5,9,11H2/t12-/m0/s1. The Morgan fingerprint density at radius 2 is 2.08 bits per heavy atom. The van der Waals surface area contributed by atoms with Crippen LogP contribution in [0.1, 0.15) is 33.8 Å². The zero-order chi connectivity index (χ0) is 17.8. The maximum absolute atomic E-state index is 12.7. The van der Waals surface area contributed by atoms with E-state index >= 15 is 0 Å². The van der Waals surface area contributed by atoms with Crippen molar-refractivity contribution in [1.29, 1.82) is 0 Å². The van der Waals surface area contributed by atoms with E-state index in [1.54, 1.807) is 12.1 Å². The molecule has 1 aliphatic heterocycles. The molecule has 8 heteroatoms. The van der Waals surface area contributed by atoms with Crippen molar-refractivity contribution in [3.05, 3.63) is 64.1 Å². The molecule has 0 saturated carbocycles. The second-order valence-electron chi connectivity index (χ2n) is 5.64. The van der Waals surface area contributed by atoms with Crippen molar-refractivity contribution >= 4 is 17.6 Å². The van der Waals surface area contributed by atoms with Gasteiger partial charge in [0.15, 0.2) is 0 Å². The summed E-state index contributed by atoms with van der Waals surface area (Å²) in [6.07, 6.45) is 2.78. The predicted molar refractivity (Wildman–Crippen MR) is 86.1 cm³/mol. The number of para-hydroxylation sites is 1. The van der Waals surface area contributed by atoms with Gasteiger partial charge >= 0.3 is 5.97 Å². The average molecular weight is 344 g/mol. The Balaban J connectivity index is 1.70. The van der Waals surface area contributed by atoms with Crippen LogP contribution in [0.15, 0.2) is 47.1 Å². The highest BCUT2D eigenvalue weighted by Gasteiger charge is 2.33.